The molecule has 12 heavy (non-hydrogen) atoms. The van der Waals surface area contributed by atoms with Gasteiger partial charge in [-0.05, 0) is 17.6 Å². The van der Waals surface area contributed by atoms with Gasteiger partial charge in [-0.3, -0.25) is 0 Å². The Labute approximate surface area is 73.0 Å². The van der Waals surface area contributed by atoms with Gasteiger partial charge >= 0.3 is 7.12 Å². The standard InChI is InChI=1S/C6H5BN2O2S/c10-7(11)4-1-2-5-6(3-4)9-12-8-5/h1-3,10-11H. The molecule has 0 aliphatic carbocycles. The lowest BCUT2D eigenvalue weighted by Gasteiger charge is -1.96. The first-order chi connectivity index (χ1) is 5.77. The molecule has 1 heterocycles. The average Bonchev–Trinajstić information content (AvgIpc) is 2.49. The fourth-order valence-electron chi connectivity index (χ4n) is 0.960. The molecule has 1 aromatic carbocycles. The van der Waals surface area contributed by atoms with Gasteiger partial charge in [0, 0.05) is 0 Å². The van der Waals surface area contributed by atoms with Crippen LogP contribution in [0.2, 0.25) is 0 Å². The maximum Gasteiger partial charge on any atom is 0.488 e. The number of benzene rings is 1. The van der Waals surface area contributed by atoms with E-state index in [-0.39, 0.29) is 0 Å². The first kappa shape index (κ1) is 7.66. The zero-order chi connectivity index (χ0) is 8.55. The van der Waals surface area contributed by atoms with Crippen molar-refractivity contribution in [3.05, 3.63) is 18.2 Å². The lowest BCUT2D eigenvalue weighted by molar-refractivity contribution is 0.426. The summed E-state index contributed by atoms with van der Waals surface area (Å²) < 4.78 is 7.96. The molecule has 0 saturated carbocycles. The molecule has 60 valence electrons. The van der Waals surface area contributed by atoms with Crippen LogP contribution in [-0.2, 0) is 0 Å². The van der Waals surface area contributed by atoms with Crippen LogP contribution in [-0.4, -0.2) is 25.9 Å². The average molecular weight is 180 g/mol. The molecule has 0 saturated heterocycles. The Bertz CT molecular complexity index is 403. The van der Waals surface area contributed by atoms with Crippen LogP contribution in [0.5, 0.6) is 0 Å². The van der Waals surface area contributed by atoms with Crippen molar-refractivity contribution in [2.75, 3.05) is 0 Å². The second-order valence-corrected chi connectivity index (χ2v) is 2.91. The highest BCUT2D eigenvalue weighted by Crippen LogP contribution is 2.08. The van der Waals surface area contributed by atoms with Crippen LogP contribution in [0.25, 0.3) is 11.0 Å². The van der Waals surface area contributed by atoms with E-state index in [0.717, 1.165) is 17.2 Å². The van der Waals surface area contributed by atoms with Crippen molar-refractivity contribution in [2.24, 2.45) is 0 Å². The van der Waals surface area contributed by atoms with E-state index in [9.17, 15) is 0 Å². The van der Waals surface area contributed by atoms with Crippen LogP contribution in [0.4, 0.5) is 0 Å². The van der Waals surface area contributed by atoms with Gasteiger partial charge in [-0.2, -0.15) is 8.75 Å². The zero-order valence-electron chi connectivity index (χ0n) is 6.01. The summed E-state index contributed by atoms with van der Waals surface area (Å²) >= 11 is 1.11. The molecule has 0 atom stereocenters. The summed E-state index contributed by atoms with van der Waals surface area (Å²) in [5.74, 6) is 0. The van der Waals surface area contributed by atoms with Gasteiger partial charge in [-0.25, -0.2) is 0 Å². The topological polar surface area (TPSA) is 66.2 Å². The number of rotatable bonds is 1. The van der Waals surface area contributed by atoms with E-state index in [1.54, 1.807) is 18.2 Å². The highest BCUT2D eigenvalue weighted by Gasteiger charge is 2.11. The van der Waals surface area contributed by atoms with Crippen molar-refractivity contribution in [3.8, 4) is 0 Å². The minimum absolute atomic E-state index is 0.440. The predicted molar refractivity (Wildman–Crippen MR) is 47.2 cm³/mol. The van der Waals surface area contributed by atoms with Crippen LogP contribution in [0, 0.1) is 0 Å². The molecule has 0 aliphatic rings. The maximum absolute atomic E-state index is 8.83. The Morgan fingerprint density at radius 2 is 1.92 bits per heavy atom. The van der Waals surface area contributed by atoms with Gasteiger partial charge in [0.25, 0.3) is 0 Å². The third-order valence-electron chi connectivity index (χ3n) is 1.58. The monoisotopic (exact) mass is 180 g/mol. The SMILES string of the molecule is OB(O)c1ccc2nsnc2c1. The molecular weight excluding hydrogens is 175 g/mol. The Morgan fingerprint density at radius 1 is 1.17 bits per heavy atom. The molecule has 4 nitrogen and oxygen atoms in total. The Hall–Kier alpha value is -0.975. The van der Waals surface area contributed by atoms with Crippen LogP contribution in [0.3, 0.4) is 0 Å². The first-order valence-corrected chi connectivity index (χ1v) is 4.09. The van der Waals surface area contributed by atoms with E-state index in [1.807, 2.05) is 0 Å². The molecule has 0 amide bonds. The van der Waals surface area contributed by atoms with Crippen LogP contribution < -0.4 is 5.46 Å². The fourth-order valence-corrected chi connectivity index (χ4v) is 1.48. The lowest BCUT2D eigenvalue weighted by atomic mass is 9.80. The molecular formula is C6H5BN2O2S. The predicted octanol–water partition coefficient (Wildman–Crippen LogP) is -0.629. The zero-order valence-corrected chi connectivity index (χ0v) is 6.82. The van der Waals surface area contributed by atoms with Crippen LogP contribution in [0.15, 0.2) is 18.2 Å². The molecule has 6 heteroatoms. The molecule has 0 fully saturated rings. The number of aromatic nitrogens is 2. The number of fused-ring (bicyclic) bond motifs is 1. The van der Waals surface area contributed by atoms with Crippen molar-refractivity contribution in [1.29, 1.82) is 0 Å². The Morgan fingerprint density at radius 3 is 2.67 bits per heavy atom. The number of hydrogen-bond acceptors (Lipinski definition) is 5. The largest absolute Gasteiger partial charge is 0.488 e. The summed E-state index contributed by atoms with van der Waals surface area (Å²) in [4.78, 5) is 0. The van der Waals surface area contributed by atoms with Gasteiger partial charge in [0.05, 0.1) is 11.7 Å². The summed E-state index contributed by atoms with van der Waals surface area (Å²) in [7, 11) is -1.43. The van der Waals surface area contributed by atoms with Gasteiger partial charge in [0.15, 0.2) is 0 Å². The summed E-state index contributed by atoms with van der Waals surface area (Å²) in [6.45, 7) is 0. The van der Waals surface area contributed by atoms with E-state index in [0.29, 0.717) is 11.0 Å². The van der Waals surface area contributed by atoms with E-state index in [2.05, 4.69) is 8.75 Å². The quantitative estimate of drug-likeness (QED) is 0.573. The highest BCUT2D eigenvalue weighted by atomic mass is 32.1. The summed E-state index contributed by atoms with van der Waals surface area (Å²) in [6.07, 6.45) is 0. The third kappa shape index (κ3) is 1.20. The Kier molecular flexibility index (Phi) is 1.80. The smallest absolute Gasteiger partial charge is 0.423 e. The van der Waals surface area contributed by atoms with Crippen molar-refractivity contribution in [2.45, 2.75) is 0 Å². The van der Waals surface area contributed by atoms with E-state index < -0.39 is 7.12 Å². The first-order valence-electron chi connectivity index (χ1n) is 3.36. The van der Waals surface area contributed by atoms with Gasteiger partial charge < -0.3 is 10.0 Å². The van der Waals surface area contributed by atoms with Crippen molar-refractivity contribution in [3.63, 3.8) is 0 Å². The van der Waals surface area contributed by atoms with Crippen LogP contribution >= 0.6 is 11.7 Å². The van der Waals surface area contributed by atoms with Gasteiger partial charge in [0.1, 0.15) is 11.0 Å². The highest BCUT2D eigenvalue weighted by molar-refractivity contribution is 7.00. The Balaban J connectivity index is 2.60. The van der Waals surface area contributed by atoms with Gasteiger partial charge in [-0.1, -0.05) is 6.07 Å². The molecule has 1 aromatic heterocycles. The van der Waals surface area contributed by atoms with Crippen molar-refractivity contribution < 1.29 is 10.0 Å². The van der Waals surface area contributed by atoms with Gasteiger partial charge in [0.2, 0.25) is 0 Å². The normalized spacial score (nSPS) is 10.5. The number of hydrogen-bond donors (Lipinski definition) is 2. The minimum Gasteiger partial charge on any atom is -0.423 e. The second kappa shape index (κ2) is 2.82. The maximum atomic E-state index is 8.83. The lowest BCUT2D eigenvalue weighted by Crippen LogP contribution is -2.29. The molecule has 2 N–H and O–H groups in total. The van der Waals surface area contributed by atoms with Crippen LogP contribution in [0.1, 0.15) is 0 Å². The molecule has 0 radical (unpaired) electrons. The third-order valence-corrected chi connectivity index (χ3v) is 2.13. The molecule has 0 spiro atoms. The number of nitrogens with zero attached hydrogens (tertiary/aromatic N) is 2. The van der Waals surface area contributed by atoms with E-state index in [1.165, 1.54) is 0 Å². The summed E-state index contributed by atoms with van der Waals surface area (Å²) in [6, 6.07) is 4.95. The molecule has 0 bridgehead atoms. The van der Waals surface area contributed by atoms with Gasteiger partial charge in [-0.15, -0.1) is 0 Å². The molecule has 2 aromatic rings. The second-order valence-electron chi connectivity index (χ2n) is 2.39. The minimum atomic E-state index is -1.43. The van der Waals surface area contributed by atoms with Crippen molar-refractivity contribution in [1.82, 2.24) is 8.75 Å². The molecule has 0 unspecified atom stereocenters. The van der Waals surface area contributed by atoms with Crippen molar-refractivity contribution >= 4 is 35.3 Å². The fraction of sp³-hybridized carbons (Fsp3) is 0. The summed E-state index contributed by atoms with van der Waals surface area (Å²) in [5, 5.41) is 17.7. The molecule has 0 aliphatic heterocycles. The van der Waals surface area contributed by atoms with E-state index in [4.69, 9.17) is 10.0 Å². The summed E-state index contributed by atoms with van der Waals surface area (Å²) in [5.41, 5.74) is 1.92. The van der Waals surface area contributed by atoms with E-state index >= 15 is 0 Å². The molecule has 2 rings (SSSR count).